The number of hydrogen-bond donors (Lipinski definition) is 0. The molecule has 1 heterocycles. The molecule has 2 aromatic rings. The molecule has 0 amide bonds. The van der Waals surface area contributed by atoms with Gasteiger partial charge in [0.2, 0.25) is 0 Å². The molecule has 0 bridgehead atoms. The van der Waals surface area contributed by atoms with E-state index in [4.69, 9.17) is 0 Å². The number of carbonyl (C=O) groups is 1. The number of nitrogens with zero attached hydrogens (tertiary/aromatic N) is 3. The molecule has 4 nitrogen and oxygen atoms in total. The van der Waals surface area contributed by atoms with E-state index in [1.807, 2.05) is 34.9 Å². The number of Topliss-reactive ketones (excluding diaryl/α,β-unsaturated/α-hetero) is 1. The van der Waals surface area contributed by atoms with Crippen molar-refractivity contribution in [2.45, 2.75) is 31.5 Å². The summed E-state index contributed by atoms with van der Waals surface area (Å²) in [7, 11) is 0. The van der Waals surface area contributed by atoms with Crippen molar-refractivity contribution in [3.05, 3.63) is 42.2 Å². The molecule has 0 aliphatic rings. The van der Waals surface area contributed by atoms with Crippen molar-refractivity contribution in [1.29, 1.82) is 0 Å². The molecule has 5 heteroatoms. The summed E-state index contributed by atoms with van der Waals surface area (Å²) in [4.78, 5) is 12.0. The van der Waals surface area contributed by atoms with E-state index in [0.717, 1.165) is 30.1 Å². The third-order valence-electron chi connectivity index (χ3n) is 2.76. The quantitative estimate of drug-likeness (QED) is 0.575. The number of thioether (sulfide) groups is 1. The van der Waals surface area contributed by atoms with Gasteiger partial charge in [0.25, 0.3) is 0 Å². The fourth-order valence-electron chi connectivity index (χ4n) is 1.68. The Labute approximate surface area is 117 Å². The Morgan fingerprint density at radius 3 is 2.84 bits per heavy atom. The van der Waals surface area contributed by atoms with Crippen LogP contribution < -0.4 is 0 Å². The second-order valence-corrected chi connectivity index (χ2v) is 5.18. The van der Waals surface area contributed by atoms with Gasteiger partial charge in [-0.3, -0.25) is 4.79 Å². The van der Waals surface area contributed by atoms with Crippen molar-refractivity contribution in [2.75, 3.05) is 5.75 Å². The van der Waals surface area contributed by atoms with Crippen LogP contribution in [-0.2, 0) is 6.54 Å². The van der Waals surface area contributed by atoms with Gasteiger partial charge in [-0.05, 0) is 6.42 Å². The van der Waals surface area contributed by atoms with E-state index in [1.54, 1.807) is 6.33 Å². The molecule has 1 aromatic carbocycles. The summed E-state index contributed by atoms with van der Waals surface area (Å²) < 4.78 is 2.01. The third-order valence-corrected chi connectivity index (χ3v) is 3.74. The minimum Gasteiger partial charge on any atom is -0.309 e. The molecule has 0 aliphatic heterocycles. The first-order chi connectivity index (χ1) is 9.31. The minimum atomic E-state index is 0.121. The lowest BCUT2D eigenvalue weighted by Gasteiger charge is -2.04. The van der Waals surface area contributed by atoms with Crippen LogP contribution in [0.15, 0.2) is 41.8 Å². The second-order valence-electron chi connectivity index (χ2n) is 4.24. The molecule has 0 saturated carbocycles. The van der Waals surface area contributed by atoms with Crippen LogP contribution in [0.2, 0.25) is 0 Å². The zero-order valence-corrected chi connectivity index (χ0v) is 11.8. The third kappa shape index (κ3) is 3.92. The maximum Gasteiger partial charge on any atom is 0.191 e. The molecule has 100 valence electrons. The number of aromatic nitrogens is 3. The van der Waals surface area contributed by atoms with Crippen molar-refractivity contribution >= 4 is 17.5 Å². The van der Waals surface area contributed by atoms with E-state index < -0.39 is 0 Å². The van der Waals surface area contributed by atoms with Crippen LogP contribution in [0.4, 0.5) is 0 Å². The highest BCUT2D eigenvalue weighted by molar-refractivity contribution is 7.99. The predicted octanol–water partition coefficient (Wildman–Crippen LogP) is 3.05. The molecule has 19 heavy (non-hydrogen) atoms. The number of ketones is 1. The Kier molecular flexibility index (Phi) is 5.15. The van der Waals surface area contributed by atoms with Gasteiger partial charge in [0.15, 0.2) is 10.9 Å². The first kappa shape index (κ1) is 13.8. The number of rotatable bonds is 7. The molecule has 1 aromatic heterocycles. The predicted molar refractivity (Wildman–Crippen MR) is 76.4 cm³/mol. The first-order valence-electron chi connectivity index (χ1n) is 6.40. The normalized spacial score (nSPS) is 10.6. The number of aryl methyl sites for hydroxylation is 1. The summed E-state index contributed by atoms with van der Waals surface area (Å²) >= 11 is 1.45. The molecule has 0 saturated heterocycles. The Balaban J connectivity index is 1.92. The van der Waals surface area contributed by atoms with Gasteiger partial charge in [0.1, 0.15) is 6.33 Å². The summed E-state index contributed by atoms with van der Waals surface area (Å²) in [5, 5.41) is 8.78. The number of hydrogen-bond acceptors (Lipinski definition) is 4. The second kappa shape index (κ2) is 7.09. The lowest BCUT2D eigenvalue weighted by Crippen LogP contribution is -2.04. The molecule has 0 radical (unpaired) electrons. The number of unbranched alkanes of at least 4 members (excludes halogenated alkanes) is 1. The maximum atomic E-state index is 12.0. The summed E-state index contributed by atoms with van der Waals surface area (Å²) in [6.45, 7) is 3.06. The Hall–Kier alpha value is -1.62. The molecule has 0 N–H and O–H groups in total. The van der Waals surface area contributed by atoms with Crippen molar-refractivity contribution < 1.29 is 4.79 Å². The van der Waals surface area contributed by atoms with Crippen LogP contribution in [0.3, 0.4) is 0 Å². The van der Waals surface area contributed by atoms with Crippen molar-refractivity contribution in [3.63, 3.8) is 0 Å². The summed E-state index contributed by atoms with van der Waals surface area (Å²) in [6, 6.07) is 9.34. The van der Waals surface area contributed by atoms with E-state index in [0.29, 0.717) is 5.75 Å². The minimum absolute atomic E-state index is 0.121. The van der Waals surface area contributed by atoms with Gasteiger partial charge in [-0.15, -0.1) is 10.2 Å². The van der Waals surface area contributed by atoms with Crippen LogP contribution in [0.25, 0.3) is 0 Å². The standard InChI is InChI=1S/C14H17N3OS/c1-2-3-9-17-11-15-16-14(17)19-10-13(18)12-7-5-4-6-8-12/h4-8,11H,2-3,9-10H2,1H3. The van der Waals surface area contributed by atoms with E-state index in [1.165, 1.54) is 11.8 Å². The Morgan fingerprint density at radius 1 is 1.32 bits per heavy atom. The zero-order chi connectivity index (χ0) is 13.5. The largest absolute Gasteiger partial charge is 0.309 e. The van der Waals surface area contributed by atoms with Crippen LogP contribution in [-0.4, -0.2) is 26.3 Å². The average Bonchev–Trinajstić information content (AvgIpc) is 2.91. The molecular weight excluding hydrogens is 258 g/mol. The molecule has 0 spiro atoms. The fourth-order valence-corrected chi connectivity index (χ4v) is 2.51. The molecular formula is C14H17N3OS. The highest BCUT2D eigenvalue weighted by Crippen LogP contribution is 2.17. The van der Waals surface area contributed by atoms with Gasteiger partial charge in [-0.25, -0.2) is 0 Å². The lowest BCUT2D eigenvalue weighted by molar-refractivity contribution is 0.102. The van der Waals surface area contributed by atoms with Crippen molar-refractivity contribution in [1.82, 2.24) is 14.8 Å². The lowest BCUT2D eigenvalue weighted by atomic mass is 10.2. The van der Waals surface area contributed by atoms with Crippen LogP contribution in [0, 0.1) is 0 Å². The monoisotopic (exact) mass is 275 g/mol. The zero-order valence-electron chi connectivity index (χ0n) is 11.0. The van der Waals surface area contributed by atoms with Gasteiger partial charge < -0.3 is 4.57 Å². The molecule has 0 unspecified atom stereocenters. The van der Waals surface area contributed by atoms with E-state index in [9.17, 15) is 4.79 Å². The molecule has 0 fully saturated rings. The average molecular weight is 275 g/mol. The van der Waals surface area contributed by atoms with Crippen molar-refractivity contribution in [3.8, 4) is 0 Å². The summed E-state index contributed by atoms with van der Waals surface area (Å²) in [5.41, 5.74) is 0.745. The number of carbonyl (C=O) groups excluding carboxylic acids is 1. The Morgan fingerprint density at radius 2 is 2.11 bits per heavy atom. The van der Waals surface area contributed by atoms with Gasteiger partial charge in [0, 0.05) is 12.1 Å². The topological polar surface area (TPSA) is 47.8 Å². The smallest absolute Gasteiger partial charge is 0.191 e. The maximum absolute atomic E-state index is 12.0. The summed E-state index contributed by atoms with van der Waals surface area (Å²) in [6.07, 6.45) is 3.95. The fraction of sp³-hybridized carbons (Fsp3) is 0.357. The van der Waals surface area contributed by atoms with Crippen molar-refractivity contribution in [2.24, 2.45) is 0 Å². The van der Waals surface area contributed by atoms with E-state index in [2.05, 4.69) is 17.1 Å². The number of benzene rings is 1. The van der Waals surface area contributed by atoms with Gasteiger partial charge in [-0.2, -0.15) is 0 Å². The van der Waals surface area contributed by atoms with Crippen LogP contribution >= 0.6 is 11.8 Å². The summed E-state index contributed by atoms with van der Waals surface area (Å²) in [5.74, 6) is 0.519. The molecule has 2 rings (SSSR count). The first-order valence-corrected chi connectivity index (χ1v) is 7.38. The van der Waals surface area contributed by atoms with Gasteiger partial charge in [0.05, 0.1) is 5.75 Å². The SMILES string of the molecule is CCCCn1cnnc1SCC(=O)c1ccccc1. The molecule has 0 aliphatic carbocycles. The Bertz CT molecular complexity index is 524. The van der Waals surface area contributed by atoms with E-state index in [-0.39, 0.29) is 5.78 Å². The van der Waals surface area contributed by atoms with Crippen LogP contribution in [0.5, 0.6) is 0 Å². The van der Waals surface area contributed by atoms with Gasteiger partial charge >= 0.3 is 0 Å². The highest BCUT2D eigenvalue weighted by Gasteiger charge is 2.09. The highest BCUT2D eigenvalue weighted by atomic mass is 32.2. The van der Waals surface area contributed by atoms with Gasteiger partial charge in [-0.1, -0.05) is 55.4 Å². The van der Waals surface area contributed by atoms with Crippen LogP contribution in [0.1, 0.15) is 30.1 Å². The molecule has 0 atom stereocenters. The van der Waals surface area contributed by atoms with E-state index >= 15 is 0 Å².